The van der Waals surface area contributed by atoms with E-state index in [1.165, 1.54) is 24.7 Å². The Morgan fingerprint density at radius 2 is 1.89 bits per heavy atom. The maximum atomic E-state index is 13.0. The van der Waals surface area contributed by atoms with Crippen molar-refractivity contribution >= 4 is 21.7 Å². The molecular weight excluding hydrogens is 533 g/mol. The number of nitrogens with one attached hydrogen (secondary N) is 1. The summed E-state index contributed by atoms with van der Waals surface area (Å²) in [4.78, 5) is 36.4. The van der Waals surface area contributed by atoms with Crippen LogP contribution < -0.4 is 10.1 Å². The van der Waals surface area contributed by atoms with Crippen LogP contribution in [0.15, 0.2) is 29.3 Å². The van der Waals surface area contributed by atoms with E-state index in [0.29, 0.717) is 11.9 Å². The fourth-order valence-corrected chi connectivity index (χ4v) is 4.21. The summed E-state index contributed by atoms with van der Waals surface area (Å²) in [6, 6.07) is 1.48. The van der Waals surface area contributed by atoms with Gasteiger partial charge in [0.25, 0.3) is 5.91 Å². The predicted molar refractivity (Wildman–Crippen MR) is 123 cm³/mol. The van der Waals surface area contributed by atoms with E-state index in [1.807, 2.05) is 0 Å². The summed E-state index contributed by atoms with van der Waals surface area (Å²) in [5.41, 5.74) is -0.522. The molecule has 202 valence electrons. The zero-order valence-corrected chi connectivity index (χ0v) is 21.0. The first-order chi connectivity index (χ1) is 17.6. The fraction of sp³-hybridized carbons (Fsp3) is 0.364. The molecule has 38 heavy (non-hydrogen) atoms. The molecule has 3 aromatic rings. The number of amides is 1. The fourth-order valence-electron chi connectivity index (χ4n) is 3.54. The minimum Gasteiger partial charge on any atom is -0.476 e. The minimum atomic E-state index is -5.11. The van der Waals surface area contributed by atoms with Crippen molar-refractivity contribution in [3.63, 3.8) is 0 Å². The molecule has 1 aliphatic rings. The van der Waals surface area contributed by atoms with Gasteiger partial charge in [0, 0.05) is 17.7 Å². The Morgan fingerprint density at radius 3 is 2.45 bits per heavy atom. The molecule has 16 heteroatoms. The maximum absolute atomic E-state index is 13.0. The number of carboxylic acid groups (broad SMARTS) is 1. The number of benzene rings is 1. The van der Waals surface area contributed by atoms with Crippen LogP contribution in [0.5, 0.6) is 5.75 Å². The molecule has 1 amide bonds. The van der Waals surface area contributed by atoms with E-state index < -0.39 is 50.3 Å². The molecule has 0 saturated heterocycles. The lowest BCUT2D eigenvalue weighted by atomic mass is 10.2. The van der Waals surface area contributed by atoms with E-state index in [4.69, 9.17) is 0 Å². The first-order valence-corrected chi connectivity index (χ1v) is 13.0. The van der Waals surface area contributed by atoms with Gasteiger partial charge in [0.15, 0.2) is 33.0 Å². The Morgan fingerprint density at radius 1 is 1.21 bits per heavy atom. The third-order valence-corrected chi connectivity index (χ3v) is 6.58. The number of carboxylic acids is 1. The second kappa shape index (κ2) is 9.66. The van der Waals surface area contributed by atoms with E-state index in [0.717, 1.165) is 31.2 Å². The number of carbonyl (C=O) groups excluding carboxylic acids is 1. The van der Waals surface area contributed by atoms with Gasteiger partial charge >= 0.3 is 12.3 Å². The number of sulfone groups is 1. The molecule has 0 radical (unpaired) electrons. The normalized spacial score (nSPS) is 14.7. The lowest BCUT2D eigenvalue weighted by Crippen LogP contribution is -2.29. The number of aromatic carboxylic acids is 1. The van der Waals surface area contributed by atoms with Crippen LogP contribution >= 0.6 is 0 Å². The highest BCUT2D eigenvalue weighted by atomic mass is 32.2. The standard InChI is InChI=1S/C22H21F3N6O6S/c1-10-17(21(33)34)26-9-16(27-10)31-19(29-18(30-31)12-4-5-12)11(2)28-20(32)13-6-14(37-22(23,24)25)8-15(7-13)38(3,35)36/h6-9,11-12H,4-5H2,1-3H3,(H,28,32)(H,33,34)/t11-/m0/s1. The molecular formula is C22H21F3N6O6S. The summed E-state index contributed by atoms with van der Waals surface area (Å²) < 4.78 is 67.5. The van der Waals surface area contributed by atoms with E-state index in [2.05, 4.69) is 30.1 Å². The van der Waals surface area contributed by atoms with Gasteiger partial charge < -0.3 is 15.2 Å². The average Bonchev–Trinajstić information content (AvgIpc) is 3.54. The van der Waals surface area contributed by atoms with Crippen molar-refractivity contribution in [2.24, 2.45) is 0 Å². The van der Waals surface area contributed by atoms with Gasteiger partial charge in [0.05, 0.1) is 22.8 Å². The molecule has 1 aromatic carbocycles. The third kappa shape index (κ3) is 6.07. The first-order valence-electron chi connectivity index (χ1n) is 11.1. The Balaban J connectivity index is 1.68. The number of carbonyl (C=O) groups is 2. The number of ether oxygens (including phenoxy) is 1. The SMILES string of the molecule is Cc1nc(-n2nc(C3CC3)nc2[C@H](C)NC(=O)c2cc(OC(F)(F)F)cc(S(C)(=O)=O)c2)cnc1C(=O)O. The molecule has 2 heterocycles. The summed E-state index contributed by atoms with van der Waals surface area (Å²) in [5.74, 6) is -2.12. The molecule has 0 aliphatic heterocycles. The third-order valence-electron chi connectivity index (χ3n) is 5.48. The van der Waals surface area contributed by atoms with Crippen LogP contribution in [-0.2, 0) is 9.84 Å². The molecule has 0 unspecified atom stereocenters. The Bertz CT molecular complexity index is 1530. The van der Waals surface area contributed by atoms with Gasteiger partial charge in [-0.25, -0.2) is 28.2 Å². The largest absolute Gasteiger partial charge is 0.573 e. The van der Waals surface area contributed by atoms with Crippen molar-refractivity contribution in [2.45, 2.75) is 49.9 Å². The summed E-state index contributed by atoms with van der Waals surface area (Å²) in [7, 11) is -3.98. The number of hydrogen-bond donors (Lipinski definition) is 2. The molecule has 0 spiro atoms. The second-order valence-corrected chi connectivity index (χ2v) is 10.7. The molecule has 4 rings (SSSR count). The Hall–Kier alpha value is -4.08. The van der Waals surface area contributed by atoms with Gasteiger partial charge in [-0.05, 0) is 44.9 Å². The molecule has 1 saturated carbocycles. The molecule has 0 bridgehead atoms. The van der Waals surface area contributed by atoms with Crippen molar-refractivity contribution < 1.29 is 41.0 Å². The Kier molecular flexibility index (Phi) is 6.86. The Labute approximate surface area is 213 Å². The maximum Gasteiger partial charge on any atom is 0.573 e. The van der Waals surface area contributed by atoms with Crippen molar-refractivity contribution in [2.75, 3.05) is 6.26 Å². The molecule has 1 atom stereocenters. The van der Waals surface area contributed by atoms with Crippen LogP contribution in [0.3, 0.4) is 0 Å². The van der Waals surface area contributed by atoms with Crippen molar-refractivity contribution in [3.05, 3.63) is 53.0 Å². The number of aromatic nitrogens is 5. The van der Waals surface area contributed by atoms with Crippen LogP contribution in [-0.4, -0.2) is 62.8 Å². The number of nitrogens with zero attached hydrogens (tertiary/aromatic N) is 5. The van der Waals surface area contributed by atoms with Crippen LogP contribution in [0, 0.1) is 6.92 Å². The van der Waals surface area contributed by atoms with Crippen molar-refractivity contribution in [1.82, 2.24) is 30.0 Å². The highest BCUT2D eigenvalue weighted by Crippen LogP contribution is 2.38. The average molecular weight is 555 g/mol. The number of aryl methyl sites for hydroxylation is 1. The number of alkyl halides is 3. The van der Waals surface area contributed by atoms with Crippen LogP contribution in [0.1, 0.15) is 69.9 Å². The molecule has 2 aromatic heterocycles. The van der Waals surface area contributed by atoms with E-state index in [-0.39, 0.29) is 28.9 Å². The smallest absolute Gasteiger partial charge is 0.476 e. The molecule has 2 N–H and O–H groups in total. The number of halogens is 3. The van der Waals surface area contributed by atoms with Crippen molar-refractivity contribution in [1.29, 1.82) is 0 Å². The van der Waals surface area contributed by atoms with E-state index in [9.17, 15) is 36.3 Å². The predicted octanol–water partition coefficient (Wildman–Crippen LogP) is 2.73. The van der Waals surface area contributed by atoms with Crippen molar-refractivity contribution in [3.8, 4) is 11.6 Å². The van der Waals surface area contributed by atoms with Gasteiger partial charge in [-0.1, -0.05) is 0 Å². The van der Waals surface area contributed by atoms with Crippen LogP contribution in [0.2, 0.25) is 0 Å². The summed E-state index contributed by atoms with van der Waals surface area (Å²) in [6.07, 6.45) is -1.43. The van der Waals surface area contributed by atoms with Gasteiger partial charge in [-0.3, -0.25) is 4.79 Å². The summed E-state index contributed by atoms with van der Waals surface area (Å²) in [5, 5.41) is 16.2. The van der Waals surface area contributed by atoms with Crippen LogP contribution in [0.4, 0.5) is 13.2 Å². The van der Waals surface area contributed by atoms with E-state index >= 15 is 0 Å². The highest BCUT2D eigenvalue weighted by molar-refractivity contribution is 7.90. The van der Waals surface area contributed by atoms with Crippen LogP contribution in [0.25, 0.3) is 5.82 Å². The van der Waals surface area contributed by atoms with Gasteiger partial charge in [-0.15, -0.1) is 18.3 Å². The lowest BCUT2D eigenvalue weighted by Gasteiger charge is -2.16. The molecule has 1 aliphatic carbocycles. The van der Waals surface area contributed by atoms with Gasteiger partial charge in [0.2, 0.25) is 0 Å². The number of hydrogen-bond acceptors (Lipinski definition) is 9. The first kappa shape index (κ1) is 27.0. The minimum absolute atomic E-state index is 0.0961. The zero-order chi connectivity index (χ0) is 28.0. The van der Waals surface area contributed by atoms with Gasteiger partial charge in [0.1, 0.15) is 5.75 Å². The van der Waals surface area contributed by atoms with Gasteiger partial charge in [-0.2, -0.15) is 4.68 Å². The summed E-state index contributed by atoms with van der Waals surface area (Å²) >= 11 is 0. The molecule has 1 fully saturated rings. The summed E-state index contributed by atoms with van der Waals surface area (Å²) in [6.45, 7) is 2.99. The second-order valence-electron chi connectivity index (χ2n) is 8.69. The highest BCUT2D eigenvalue weighted by Gasteiger charge is 2.33. The zero-order valence-electron chi connectivity index (χ0n) is 20.1. The lowest BCUT2D eigenvalue weighted by molar-refractivity contribution is -0.274. The molecule has 12 nitrogen and oxygen atoms in total. The topological polar surface area (TPSA) is 166 Å². The van der Waals surface area contributed by atoms with E-state index in [1.54, 1.807) is 0 Å². The monoisotopic (exact) mass is 554 g/mol. The number of rotatable bonds is 8. The quantitative estimate of drug-likeness (QED) is 0.423.